The molecular weight excluding hydrogens is 687 g/mol. The van der Waals surface area contributed by atoms with E-state index in [1.165, 1.54) is 11.0 Å². The Labute approximate surface area is 304 Å². The molecule has 3 aliphatic carbocycles. The van der Waals surface area contributed by atoms with Crippen LogP contribution >= 0.6 is 0 Å². The Morgan fingerprint density at radius 1 is 1.04 bits per heavy atom. The molecule has 7 rings (SSSR count). The minimum absolute atomic E-state index is 0.0329. The highest BCUT2D eigenvalue weighted by Gasteiger charge is 2.62. The number of rotatable bonds is 7. The van der Waals surface area contributed by atoms with E-state index in [9.17, 15) is 27.6 Å². The Balaban J connectivity index is 1.21. The van der Waals surface area contributed by atoms with E-state index in [1.807, 2.05) is 19.1 Å². The second-order valence-electron chi connectivity index (χ2n) is 15.3. The number of hydrogen-bond donors (Lipinski definition) is 3. The molecule has 14 heteroatoms. The number of hydrogen-bond acceptors (Lipinski definition) is 9. The molecule has 1 aromatic heterocycles. The Morgan fingerprint density at radius 2 is 1.81 bits per heavy atom. The number of carbonyl (C=O) groups excluding carboxylic acids is 4. The summed E-state index contributed by atoms with van der Waals surface area (Å²) in [7, 11) is -3.88. The number of nitrogens with zero attached hydrogens (tertiary/aromatic N) is 2. The monoisotopic (exact) mass is 735 g/mol. The summed E-state index contributed by atoms with van der Waals surface area (Å²) < 4.78 is 39.9. The third kappa shape index (κ3) is 7.62. The number of carbonyl (C=O) groups is 4. The first-order chi connectivity index (χ1) is 25.0. The van der Waals surface area contributed by atoms with Gasteiger partial charge in [0.1, 0.15) is 29.8 Å². The zero-order chi connectivity index (χ0) is 36.6. The lowest BCUT2D eigenvalue weighted by Crippen LogP contribution is -2.59. The van der Waals surface area contributed by atoms with Crippen LogP contribution in [0.1, 0.15) is 89.5 Å². The molecule has 4 fully saturated rings. The summed E-state index contributed by atoms with van der Waals surface area (Å²) in [6, 6.07) is 6.07. The molecular formula is C38H49N5O8S. The van der Waals surface area contributed by atoms with E-state index in [-0.39, 0.29) is 31.4 Å². The van der Waals surface area contributed by atoms with E-state index < -0.39 is 68.7 Å². The molecule has 5 aliphatic rings. The topological polar surface area (TPSA) is 173 Å². The third-order valence-corrected chi connectivity index (χ3v) is 13.3. The maximum absolute atomic E-state index is 14.7. The number of cyclic esters (lactones) is 1. The van der Waals surface area contributed by atoms with Crippen molar-refractivity contribution in [1.82, 2.24) is 25.2 Å². The van der Waals surface area contributed by atoms with Gasteiger partial charge in [-0.15, -0.1) is 6.58 Å². The fourth-order valence-corrected chi connectivity index (χ4v) is 9.54. The average molecular weight is 736 g/mol. The molecule has 4 amide bonds. The normalized spacial score (nSPS) is 30.3. The minimum Gasteiger partial charge on any atom is -0.472 e. The van der Waals surface area contributed by atoms with Crippen molar-refractivity contribution in [1.29, 1.82) is 0 Å². The average Bonchev–Trinajstić information content (AvgIpc) is 4.06. The van der Waals surface area contributed by atoms with Gasteiger partial charge < -0.3 is 25.0 Å². The third-order valence-electron chi connectivity index (χ3n) is 11.5. The molecule has 280 valence electrons. The van der Waals surface area contributed by atoms with E-state index in [4.69, 9.17) is 9.47 Å². The molecule has 3 saturated carbocycles. The van der Waals surface area contributed by atoms with Gasteiger partial charge in [-0.25, -0.2) is 18.2 Å². The van der Waals surface area contributed by atoms with Crippen molar-refractivity contribution in [2.45, 2.75) is 125 Å². The number of sulfonamides is 1. The fraction of sp³-hybridized carbons (Fsp3) is 0.605. The molecule has 6 atom stereocenters. The molecule has 52 heavy (non-hydrogen) atoms. The number of nitrogens with one attached hydrogen (secondary N) is 3. The molecule has 0 radical (unpaired) electrons. The lowest BCUT2D eigenvalue weighted by molar-refractivity contribution is -0.142. The highest BCUT2D eigenvalue weighted by molar-refractivity contribution is 7.91. The number of aryl methyl sites for hydroxylation is 1. The van der Waals surface area contributed by atoms with Gasteiger partial charge in [-0.2, -0.15) is 0 Å². The summed E-state index contributed by atoms with van der Waals surface area (Å²) in [5.74, 6) is -2.10. The lowest BCUT2D eigenvalue weighted by atomic mass is 9.83. The highest BCUT2D eigenvalue weighted by atomic mass is 32.2. The molecule has 1 aromatic carbocycles. The second-order valence-corrected chi connectivity index (χ2v) is 17.3. The first kappa shape index (κ1) is 36.2. The van der Waals surface area contributed by atoms with Crippen LogP contribution in [0.3, 0.4) is 0 Å². The molecule has 1 saturated heterocycles. The maximum Gasteiger partial charge on any atom is 0.408 e. The number of amides is 4. The number of ether oxygens (including phenoxy) is 2. The summed E-state index contributed by atoms with van der Waals surface area (Å²) in [5.41, 5.74) is -0.406. The van der Waals surface area contributed by atoms with Crippen molar-refractivity contribution in [2.75, 3.05) is 6.54 Å². The number of pyridine rings is 1. The van der Waals surface area contributed by atoms with Crippen LogP contribution in [0.5, 0.6) is 5.88 Å². The fourth-order valence-electron chi connectivity index (χ4n) is 8.18. The predicted octanol–water partition coefficient (Wildman–Crippen LogP) is 4.04. The largest absolute Gasteiger partial charge is 0.472 e. The van der Waals surface area contributed by atoms with Crippen molar-refractivity contribution >= 4 is 44.6 Å². The van der Waals surface area contributed by atoms with Crippen molar-refractivity contribution in [3.05, 3.63) is 48.7 Å². The molecule has 0 spiro atoms. The Kier molecular flexibility index (Phi) is 10.2. The quantitative estimate of drug-likeness (QED) is 0.355. The zero-order valence-electron chi connectivity index (χ0n) is 29.7. The van der Waals surface area contributed by atoms with Crippen LogP contribution in [0.4, 0.5) is 4.79 Å². The van der Waals surface area contributed by atoms with E-state index >= 15 is 0 Å². The van der Waals surface area contributed by atoms with Gasteiger partial charge in [-0.3, -0.25) is 19.1 Å². The van der Waals surface area contributed by atoms with E-state index in [0.29, 0.717) is 25.1 Å². The van der Waals surface area contributed by atoms with Gasteiger partial charge in [0.2, 0.25) is 27.7 Å². The first-order valence-corrected chi connectivity index (χ1v) is 20.3. The SMILES string of the molecule is C=C[C@@H]1CC1(NC(=O)[C@@H]1C[C@@H]2CN1C(=O)[C@H](C1CCCCC1)NC(=O)O[C@@H](C)CCCCc1ccc3ccnc(c3c1)O2)C(=O)NS(=O)(=O)C1CC1. The lowest BCUT2D eigenvalue weighted by Gasteiger charge is -2.34. The number of benzene rings is 1. The zero-order valence-corrected chi connectivity index (χ0v) is 30.5. The van der Waals surface area contributed by atoms with Gasteiger partial charge >= 0.3 is 6.09 Å². The van der Waals surface area contributed by atoms with Crippen LogP contribution in [-0.2, 0) is 35.6 Å². The second kappa shape index (κ2) is 14.7. The predicted molar refractivity (Wildman–Crippen MR) is 193 cm³/mol. The maximum atomic E-state index is 14.7. The van der Waals surface area contributed by atoms with Crippen LogP contribution in [-0.4, -0.2) is 83.7 Å². The standard InChI is InChI=1S/C38H49N5O8S/c1-3-27-21-38(27,36(46)42-52(48,49)29-15-16-29)41-33(44)31-20-28-22-43(31)35(45)32(26-11-5-4-6-12-26)40-37(47)50-23(2)9-7-8-10-24-13-14-25-17-18-39-34(51-28)30(25)19-24/h3,13-14,17-19,23,26-29,31-32H,1,4-12,15-16,20-22H2,2H3,(H,40,47)(H,41,44)(H,42,46)/t23-,27+,28+,31-,32-,38?/m0/s1. The van der Waals surface area contributed by atoms with Gasteiger partial charge in [-0.05, 0) is 93.7 Å². The van der Waals surface area contributed by atoms with Crippen molar-refractivity contribution in [3.63, 3.8) is 0 Å². The van der Waals surface area contributed by atoms with E-state index in [1.54, 1.807) is 6.20 Å². The van der Waals surface area contributed by atoms with Crippen molar-refractivity contribution in [3.8, 4) is 5.88 Å². The van der Waals surface area contributed by atoms with E-state index in [2.05, 4.69) is 39.1 Å². The van der Waals surface area contributed by atoms with Gasteiger partial charge in [-0.1, -0.05) is 37.5 Å². The Hall–Kier alpha value is -4.20. The summed E-state index contributed by atoms with van der Waals surface area (Å²) in [6.07, 6.45) is 10.3. The van der Waals surface area contributed by atoms with Gasteiger partial charge in [0, 0.05) is 23.9 Å². The number of fused-ring (bicyclic) bond motifs is 3. The molecule has 3 N–H and O–H groups in total. The summed E-state index contributed by atoms with van der Waals surface area (Å²) in [4.78, 5) is 61.9. The van der Waals surface area contributed by atoms with Crippen molar-refractivity contribution in [2.24, 2.45) is 11.8 Å². The smallest absolute Gasteiger partial charge is 0.408 e. The Morgan fingerprint density at radius 3 is 2.54 bits per heavy atom. The minimum atomic E-state index is -3.88. The Bertz CT molecular complexity index is 1840. The molecule has 4 bridgehead atoms. The van der Waals surface area contributed by atoms with Crippen LogP contribution in [0.15, 0.2) is 43.1 Å². The number of alkyl carbamates (subject to hydrolysis) is 1. The van der Waals surface area contributed by atoms with Crippen LogP contribution in [0.25, 0.3) is 10.8 Å². The molecule has 2 aromatic rings. The molecule has 1 unspecified atom stereocenters. The van der Waals surface area contributed by atoms with Crippen LogP contribution < -0.4 is 20.1 Å². The van der Waals surface area contributed by atoms with Gasteiger partial charge in [0.25, 0.3) is 5.91 Å². The molecule has 2 aliphatic heterocycles. The summed E-state index contributed by atoms with van der Waals surface area (Å²) in [5, 5.41) is 6.89. The van der Waals surface area contributed by atoms with Crippen molar-refractivity contribution < 1.29 is 37.1 Å². The van der Waals surface area contributed by atoms with Gasteiger partial charge in [0.15, 0.2) is 0 Å². The molecule has 13 nitrogen and oxygen atoms in total. The summed E-state index contributed by atoms with van der Waals surface area (Å²) >= 11 is 0. The molecule has 3 heterocycles. The first-order valence-electron chi connectivity index (χ1n) is 18.8. The van der Waals surface area contributed by atoms with E-state index in [0.717, 1.165) is 67.7 Å². The van der Waals surface area contributed by atoms with Crippen LogP contribution in [0.2, 0.25) is 0 Å². The van der Waals surface area contributed by atoms with Crippen LogP contribution in [0, 0.1) is 11.8 Å². The number of aromatic nitrogens is 1. The summed E-state index contributed by atoms with van der Waals surface area (Å²) in [6.45, 7) is 5.68. The highest BCUT2D eigenvalue weighted by Crippen LogP contribution is 2.45. The van der Waals surface area contributed by atoms with Gasteiger partial charge in [0.05, 0.1) is 11.8 Å².